The van der Waals surface area contributed by atoms with Crippen LogP contribution in [0.1, 0.15) is 50.2 Å². The molecule has 0 fully saturated rings. The lowest BCUT2D eigenvalue weighted by atomic mass is 10.00. The van der Waals surface area contributed by atoms with Gasteiger partial charge in [0.2, 0.25) is 0 Å². The van der Waals surface area contributed by atoms with Crippen LogP contribution in [0.25, 0.3) is 0 Å². The largest absolute Gasteiger partial charge is 0.373 e. The van der Waals surface area contributed by atoms with Crippen LogP contribution in [-0.2, 0) is 13.0 Å². The maximum absolute atomic E-state index is 4.48. The van der Waals surface area contributed by atoms with Crippen LogP contribution in [-0.4, -0.2) is 26.6 Å². The van der Waals surface area contributed by atoms with Gasteiger partial charge in [-0.25, -0.2) is 15.0 Å². The first-order valence-corrected chi connectivity index (χ1v) is 7.18. The van der Waals surface area contributed by atoms with Gasteiger partial charge in [-0.3, -0.25) is 0 Å². The van der Waals surface area contributed by atoms with E-state index in [4.69, 9.17) is 0 Å². The number of imidazole rings is 1. The lowest BCUT2D eigenvalue weighted by Gasteiger charge is -2.15. The third kappa shape index (κ3) is 2.98. The molecule has 20 heavy (non-hydrogen) atoms. The smallest absolute Gasteiger partial charge is 0.132 e. The average Bonchev–Trinajstić information content (AvgIpc) is 2.86. The highest BCUT2D eigenvalue weighted by Gasteiger charge is 2.16. The molecule has 0 spiro atoms. The minimum Gasteiger partial charge on any atom is -0.373 e. The number of hydrogen-bond donors (Lipinski definition) is 1. The summed E-state index contributed by atoms with van der Waals surface area (Å²) in [4.78, 5) is 13.3. The highest BCUT2D eigenvalue weighted by atomic mass is 15.1. The van der Waals surface area contributed by atoms with Gasteiger partial charge < -0.3 is 9.88 Å². The van der Waals surface area contributed by atoms with Gasteiger partial charge >= 0.3 is 0 Å². The molecule has 2 rings (SSSR count). The molecule has 2 heterocycles. The zero-order valence-electron chi connectivity index (χ0n) is 12.7. The van der Waals surface area contributed by atoms with E-state index in [1.165, 1.54) is 5.56 Å². The Labute approximate surface area is 120 Å². The molecule has 0 aliphatic carbocycles. The molecule has 5 heteroatoms. The second-order valence-corrected chi connectivity index (χ2v) is 5.20. The number of anilines is 1. The Bertz CT molecular complexity index is 559. The van der Waals surface area contributed by atoms with Crippen LogP contribution >= 0.6 is 0 Å². The summed E-state index contributed by atoms with van der Waals surface area (Å²) >= 11 is 0. The van der Waals surface area contributed by atoms with Crippen LogP contribution in [0.15, 0.2) is 18.7 Å². The summed E-state index contributed by atoms with van der Waals surface area (Å²) in [5.74, 6) is 2.36. The molecule has 0 radical (unpaired) electrons. The maximum Gasteiger partial charge on any atom is 0.132 e. The van der Waals surface area contributed by atoms with E-state index in [0.29, 0.717) is 5.92 Å². The van der Waals surface area contributed by atoms with Crippen LogP contribution in [0.5, 0.6) is 0 Å². The first kappa shape index (κ1) is 14.5. The Morgan fingerprint density at radius 1 is 1.25 bits per heavy atom. The number of aryl methyl sites for hydroxylation is 1. The van der Waals surface area contributed by atoms with Crippen LogP contribution in [0, 0.1) is 0 Å². The second kappa shape index (κ2) is 6.50. The van der Waals surface area contributed by atoms with Gasteiger partial charge in [0.25, 0.3) is 0 Å². The highest BCUT2D eigenvalue weighted by Crippen LogP contribution is 2.25. The van der Waals surface area contributed by atoms with Crippen LogP contribution < -0.4 is 5.32 Å². The number of nitrogens with one attached hydrogen (secondary N) is 1. The highest BCUT2D eigenvalue weighted by molar-refractivity contribution is 5.47. The lowest BCUT2D eigenvalue weighted by molar-refractivity contribution is 0.642. The minimum atomic E-state index is 0.378. The summed E-state index contributed by atoms with van der Waals surface area (Å²) in [5, 5.41) is 3.16. The summed E-state index contributed by atoms with van der Waals surface area (Å²) in [5.41, 5.74) is 2.24. The average molecular weight is 273 g/mol. The molecule has 1 N–H and O–H groups in total. The Morgan fingerprint density at radius 2 is 2.05 bits per heavy atom. The van der Waals surface area contributed by atoms with Gasteiger partial charge in [-0.2, -0.15) is 0 Å². The fraction of sp³-hybridized carbons (Fsp3) is 0.533. The molecule has 0 amide bonds. The van der Waals surface area contributed by atoms with Crippen molar-refractivity contribution in [2.75, 3.05) is 12.4 Å². The molecule has 0 aromatic carbocycles. The Balaban J connectivity index is 2.35. The van der Waals surface area contributed by atoms with Gasteiger partial charge in [-0.05, 0) is 12.3 Å². The summed E-state index contributed by atoms with van der Waals surface area (Å²) in [6.45, 7) is 7.51. The van der Waals surface area contributed by atoms with Crippen molar-refractivity contribution in [2.45, 2.75) is 46.1 Å². The topological polar surface area (TPSA) is 55.6 Å². The van der Waals surface area contributed by atoms with Gasteiger partial charge in [0.05, 0.1) is 5.69 Å². The monoisotopic (exact) mass is 273 g/mol. The van der Waals surface area contributed by atoms with Crippen molar-refractivity contribution in [1.82, 2.24) is 19.5 Å². The van der Waals surface area contributed by atoms with Gasteiger partial charge in [0.1, 0.15) is 18.0 Å². The molecular formula is C15H23N5. The molecular weight excluding hydrogens is 250 g/mol. The molecule has 0 aliphatic rings. The summed E-state index contributed by atoms with van der Waals surface area (Å²) in [7, 11) is 1.90. The predicted molar refractivity (Wildman–Crippen MR) is 81.0 cm³/mol. The van der Waals surface area contributed by atoms with Gasteiger partial charge in [-0.15, -0.1) is 0 Å². The third-order valence-electron chi connectivity index (χ3n) is 3.37. The minimum absolute atomic E-state index is 0.378. The molecule has 0 unspecified atom stereocenters. The quantitative estimate of drug-likeness (QED) is 0.879. The van der Waals surface area contributed by atoms with Crippen molar-refractivity contribution in [1.29, 1.82) is 0 Å². The van der Waals surface area contributed by atoms with Gasteiger partial charge in [-0.1, -0.05) is 20.8 Å². The van der Waals surface area contributed by atoms with Crippen molar-refractivity contribution in [3.63, 3.8) is 0 Å². The van der Waals surface area contributed by atoms with Gasteiger partial charge in [0, 0.05) is 38.0 Å². The van der Waals surface area contributed by atoms with Crippen molar-refractivity contribution in [3.05, 3.63) is 35.8 Å². The Kier molecular flexibility index (Phi) is 4.71. The van der Waals surface area contributed by atoms with E-state index in [0.717, 1.165) is 36.7 Å². The molecule has 0 atom stereocenters. The summed E-state index contributed by atoms with van der Waals surface area (Å²) in [6, 6.07) is 0. The standard InChI is InChI=1S/C15H23N5/c1-5-7-20-8-6-17-13(20)9-12-14(11(2)3)15(16-4)19-10-18-12/h6,8,10-11H,5,7,9H2,1-4H3,(H,16,18,19). The fourth-order valence-electron chi connectivity index (χ4n) is 2.48. The first-order valence-electron chi connectivity index (χ1n) is 7.18. The molecule has 0 saturated heterocycles. The molecule has 108 valence electrons. The van der Waals surface area contributed by atoms with Crippen molar-refractivity contribution < 1.29 is 0 Å². The Hall–Kier alpha value is -1.91. The fourth-order valence-corrected chi connectivity index (χ4v) is 2.48. The van der Waals surface area contributed by atoms with Crippen LogP contribution in [0.2, 0.25) is 0 Å². The van der Waals surface area contributed by atoms with Crippen LogP contribution in [0.4, 0.5) is 5.82 Å². The molecule has 0 aliphatic heterocycles. The normalized spacial score (nSPS) is 11.1. The van der Waals surface area contributed by atoms with E-state index >= 15 is 0 Å². The zero-order chi connectivity index (χ0) is 14.5. The first-order chi connectivity index (χ1) is 9.67. The molecule has 2 aromatic rings. The lowest BCUT2D eigenvalue weighted by Crippen LogP contribution is -2.10. The molecule has 0 saturated carbocycles. The van der Waals surface area contributed by atoms with Crippen molar-refractivity contribution >= 4 is 5.82 Å². The Morgan fingerprint density at radius 3 is 2.70 bits per heavy atom. The zero-order valence-corrected chi connectivity index (χ0v) is 12.7. The van der Waals surface area contributed by atoms with Crippen molar-refractivity contribution in [2.24, 2.45) is 0 Å². The third-order valence-corrected chi connectivity index (χ3v) is 3.37. The van der Waals surface area contributed by atoms with E-state index in [1.54, 1.807) is 6.33 Å². The van der Waals surface area contributed by atoms with E-state index in [2.05, 4.69) is 45.6 Å². The van der Waals surface area contributed by atoms with Crippen molar-refractivity contribution in [3.8, 4) is 0 Å². The summed E-state index contributed by atoms with van der Waals surface area (Å²) < 4.78 is 2.20. The maximum atomic E-state index is 4.48. The predicted octanol–water partition coefficient (Wildman–Crippen LogP) is 2.84. The molecule has 2 aromatic heterocycles. The van der Waals surface area contributed by atoms with Crippen LogP contribution in [0.3, 0.4) is 0 Å². The number of aromatic nitrogens is 4. The van der Waals surface area contributed by atoms with Gasteiger partial charge in [0.15, 0.2) is 0 Å². The molecule has 5 nitrogen and oxygen atoms in total. The SMILES string of the molecule is CCCn1ccnc1Cc1ncnc(NC)c1C(C)C. The van der Waals surface area contributed by atoms with E-state index < -0.39 is 0 Å². The number of rotatable bonds is 6. The van der Waals surface area contributed by atoms with E-state index in [9.17, 15) is 0 Å². The summed E-state index contributed by atoms with van der Waals surface area (Å²) in [6.07, 6.45) is 7.37. The van der Waals surface area contributed by atoms with E-state index in [1.807, 2.05) is 19.4 Å². The number of hydrogen-bond acceptors (Lipinski definition) is 4. The second-order valence-electron chi connectivity index (χ2n) is 5.20. The van der Waals surface area contributed by atoms with E-state index in [-0.39, 0.29) is 0 Å². The molecule has 0 bridgehead atoms. The number of nitrogens with zero attached hydrogens (tertiary/aromatic N) is 4.